The highest BCUT2D eigenvalue weighted by Crippen LogP contribution is 2.22. The fraction of sp³-hybridized carbons (Fsp3) is 0.400. The smallest absolute Gasteiger partial charge is 0.0847 e. The number of hydrogen-bond donors (Lipinski definition) is 1. The molecular formula is C15H20N2O. The summed E-state index contributed by atoms with van der Waals surface area (Å²) in [5.41, 5.74) is 5.36. The molecule has 3 heteroatoms. The highest BCUT2D eigenvalue weighted by Gasteiger charge is 2.14. The van der Waals surface area contributed by atoms with Gasteiger partial charge >= 0.3 is 0 Å². The summed E-state index contributed by atoms with van der Waals surface area (Å²) in [4.78, 5) is 0. The van der Waals surface area contributed by atoms with Crippen LogP contribution < -0.4 is 0 Å². The van der Waals surface area contributed by atoms with E-state index in [1.807, 2.05) is 38.6 Å². The molecule has 1 N–H and O–H groups in total. The minimum atomic E-state index is -0.473. The highest BCUT2D eigenvalue weighted by molar-refractivity contribution is 5.32. The van der Waals surface area contributed by atoms with Crippen molar-refractivity contribution >= 4 is 0 Å². The van der Waals surface area contributed by atoms with Crippen molar-refractivity contribution in [3.05, 3.63) is 52.3 Å². The van der Waals surface area contributed by atoms with Crippen molar-refractivity contribution in [3.63, 3.8) is 0 Å². The third-order valence-electron chi connectivity index (χ3n) is 3.30. The zero-order chi connectivity index (χ0) is 13.3. The molecule has 2 aromatic rings. The molecule has 0 saturated heterocycles. The molecule has 18 heavy (non-hydrogen) atoms. The molecule has 96 valence electrons. The summed E-state index contributed by atoms with van der Waals surface area (Å²) in [5, 5.41) is 14.7. The fourth-order valence-electron chi connectivity index (χ4n) is 2.28. The van der Waals surface area contributed by atoms with Gasteiger partial charge in [0.25, 0.3) is 0 Å². The Balaban J connectivity index is 2.24. The maximum Gasteiger partial charge on any atom is 0.0847 e. The first-order chi connectivity index (χ1) is 8.47. The maximum atomic E-state index is 10.4. The Morgan fingerprint density at radius 2 is 1.94 bits per heavy atom. The van der Waals surface area contributed by atoms with E-state index in [1.165, 1.54) is 5.56 Å². The molecule has 0 amide bonds. The van der Waals surface area contributed by atoms with E-state index >= 15 is 0 Å². The standard InChI is InChI=1S/C15H20N2O/c1-10-5-6-11(2)14(7-10)15(18)9-13-8-12(3)16-17(13)4/h5-8,15,18H,9H2,1-4H3. The Labute approximate surface area is 108 Å². The molecule has 0 spiro atoms. The van der Waals surface area contributed by atoms with Gasteiger partial charge in [0, 0.05) is 19.2 Å². The van der Waals surface area contributed by atoms with E-state index in [0.717, 1.165) is 22.5 Å². The van der Waals surface area contributed by atoms with Gasteiger partial charge in [-0.2, -0.15) is 5.10 Å². The summed E-state index contributed by atoms with van der Waals surface area (Å²) in [7, 11) is 1.91. The van der Waals surface area contributed by atoms with Gasteiger partial charge in [0.2, 0.25) is 0 Å². The molecule has 0 aliphatic rings. The molecule has 0 radical (unpaired) electrons. The summed E-state index contributed by atoms with van der Waals surface area (Å²) in [6.07, 6.45) is 0.126. The van der Waals surface area contributed by atoms with E-state index in [9.17, 15) is 5.11 Å². The lowest BCUT2D eigenvalue weighted by Crippen LogP contribution is -2.08. The van der Waals surface area contributed by atoms with Gasteiger partial charge in [-0.25, -0.2) is 0 Å². The number of rotatable bonds is 3. The second kappa shape index (κ2) is 4.94. The molecule has 1 unspecified atom stereocenters. The van der Waals surface area contributed by atoms with Crippen molar-refractivity contribution in [1.29, 1.82) is 0 Å². The summed E-state index contributed by atoms with van der Waals surface area (Å²) in [6, 6.07) is 8.21. The van der Waals surface area contributed by atoms with E-state index in [2.05, 4.69) is 23.3 Å². The number of aliphatic hydroxyl groups excluding tert-OH is 1. The Morgan fingerprint density at radius 1 is 1.22 bits per heavy atom. The number of benzene rings is 1. The summed E-state index contributed by atoms with van der Waals surface area (Å²) < 4.78 is 1.84. The highest BCUT2D eigenvalue weighted by atomic mass is 16.3. The van der Waals surface area contributed by atoms with Crippen LogP contribution in [0.15, 0.2) is 24.3 Å². The Hall–Kier alpha value is -1.61. The Morgan fingerprint density at radius 3 is 2.56 bits per heavy atom. The molecule has 0 aliphatic carbocycles. The number of aromatic nitrogens is 2. The topological polar surface area (TPSA) is 38.1 Å². The van der Waals surface area contributed by atoms with Crippen LogP contribution in [-0.4, -0.2) is 14.9 Å². The minimum absolute atomic E-state index is 0.473. The largest absolute Gasteiger partial charge is 0.388 e. The zero-order valence-electron chi connectivity index (χ0n) is 11.4. The summed E-state index contributed by atoms with van der Waals surface area (Å²) >= 11 is 0. The molecule has 2 rings (SSSR count). The molecule has 0 saturated carbocycles. The Bertz CT molecular complexity index is 558. The molecule has 0 fully saturated rings. The van der Waals surface area contributed by atoms with Crippen molar-refractivity contribution in [1.82, 2.24) is 9.78 Å². The van der Waals surface area contributed by atoms with Gasteiger partial charge in [0.1, 0.15) is 0 Å². The van der Waals surface area contributed by atoms with Gasteiger partial charge in [-0.05, 0) is 38.0 Å². The summed E-state index contributed by atoms with van der Waals surface area (Å²) in [6.45, 7) is 6.05. The van der Waals surface area contributed by atoms with Gasteiger partial charge in [-0.15, -0.1) is 0 Å². The maximum absolute atomic E-state index is 10.4. The molecule has 0 bridgehead atoms. The SMILES string of the molecule is Cc1ccc(C)c(C(O)Cc2cc(C)nn2C)c1. The van der Waals surface area contributed by atoms with Crippen LogP contribution in [0.2, 0.25) is 0 Å². The lowest BCUT2D eigenvalue weighted by Gasteiger charge is -2.14. The predicted octanol–water partition coefficient (Wildman–Crippen LogP) is 2.62. The second-order valence-electron chi connectivity index (χ2n) is 4.98. The van der Waals surface area contributed by atoms with Gasteiger partial charge in [-0.1, -0.05) is 23.8 Å². The van der Waals surface area contributed by atoms with Gasteiger partial charge in [-0.3, -0.25) is 4.68 Å². The zero-order valence-corrected chi connectivity index (χ0v) is 11.4. The molecule has 1 aromatic carbocycles. The minimum Gasteiger partial charge on any atom is -0.388 e. The average molecular weight is 244 g/mol. The monoisotopic (exact) mass is 244 g/mol. The van der Waals surface area contributed by atoms with E-state index in [4.69, 9.17) is 0 Å². The third kappa shape index (κ3) is 2.62. The van der Waals surface area contributed by atoms with Crippen LogP contribution >= 0.6 is 0 Å². The molecule has 3 nitrogen and oxygen atoms in total. The lowest BCUT2D eigenvalue weighted by atomic mass is 9.98. The molecular weight excluding hydrogens is 224 g/mol. The van der Waals surface area contributed by atoms with Gasteiger partial charge in [0.05, 0.1) is 11.8 Å². The Kier molecular flexibility index (Phi) is 3.53. The predicted molar refractivity (Wildman–Crippen MR) is 72.5 cm³/mol. The quantitative estimate of drug-likeness (QED) is 0.901. The number of aryl methyl sites for hydroxylation is 4. The van der Waals surface area contributed by atoms with Crippen molar-refractivity contribution in [2.75, 3.05) is 0 Å². The van der Waals surface area contributed by atoms with E-state index in [0.29, 0.717) is 6.42 Å². The van der Waals surface area contributed by atoms with E-state index in [-0.39, 0.29) is 0 Å². The molecule has 1 atom stereocenters. The van der Waals surface area contributed by atoms with Crippen LogP contribution in [0, 0.1) is 20.8 Å². The molecule has 1 aromatic heterocycles. The second-order valence-corrected chi connectivity index (χ2v) is 4.98. The van der Waals surface area contributed by atoms with Gasteiger partial charge < -0.3 is 5.11 Å². The number of hydrogen-bond acceptors (Lipinski definition) is 2. The lowest BCUT2D eigenvalue weighted by molar-refractivity contribution is 0.175. The first-order valence-electron chi connectivity index (χ1n) is 6.22. The van der Waals surface area contributed by atoms with Gasteiger partial charge in [0.15, 0.2) is 0 Å². The average Bonchev–Trinajstić information content (AvgIpc) is 2.61. The van der Waals surface area contributed by atoms with Crippen LogP contribution in [0.25, 0.3) is 0 Å². The number of nitrogens with zero attached hydrogens (tertiary/aromatic N) is 2. The molecule has 0 aliphatic heterocycles. The van der Waals surface area contributed by atoms with Crippen molar-refractivity contribution < 1.29 is 5.11 Å². The normalized spacial score (nSPS) is 12.7. The van der Waals surface area contributed by atoms with E-state index < -0.39 is 6.10 Å². The molecule has 1 heterocycles. The van der Waals surface area contributed by atoms with Crippen LogP contribution in [0.1, 0.15) is 34.2 Å². The first kappa shape index (κ1) is 12.8. The van der Waals surface area contributed by atoms with Crippen molar-refractivity contribution in [3.8, 4) is 0 Å². The van der Waals surface area contributed by atoms with Crippen LogP contribution in [0.4, 0.5) is 0 Å². The van der Waals surface area contributed by atoms with Crippen LogP contribution in [-0.2, 0) is 13.5 Å². The van der Waals surface area contributed by atoms with Crippen LogP contribution in [0.3, 0.4) is 0 Å². The third-order valence-corrected chi connectivity index (χ3v) is 3.30. The summed E-state index contributed by atoms with van der Waals surface area (Å²) in [5.74, 6) is 0. The first-order valence-corrected chi connectivity index (χ1v) is 6.22. The van der Waals surface area contributed by atoms with Crippen molar-refractivity contribution in [2.45, 2.75) is 33.3 Å². The van der Waals surface area contributed by atoms with E-state index in [1.54, 1.807) is 0 Å². The fourth-order valence-corrected chi connectivity index (χ4v) is 2.28. The van der Waals surface area contributed by atoms with Crippen LogP contribution in [0.5, 0.6) is 0 Å². The van der Waals surface area contributed by atoms with Crippen molar-refractivity contribution in [2.24, 2.45) is 7.05 Å². The number of aliphatic hydroxyl groups is 1.